The average Bonchev–Trinajstić information content (AvgIpc) is 2.38. The van der Waals surface area contributed by atoms with Gasteiger partial charge in [-0.1, -0.05) is 50.1 Å². The van der Waals surface area contributed by atoms with Crippen molar-refractivity contribution in [1.82, 2.24) is 0 Å². The lowest BCUT2D eigenvalue weighted by Crippen LogP contribution is -2.05. The highest BCUT2D eigenvalue weighted by Crippen LogP contribution is 2.34. The molecule has 0 aliphatic carbocycles. The molecule has 0 aliphatic heterocycles. The van der Waals surface area contributed by atoms with Crippen LogP contribution in [0, 0.1) is 5.82 Å². The Kier molecular flexibility index (Phi) is 5.09. The number of hydrogen-bond acceptors (Lipinski definition) is 0. The van der Waals surface area contributed by atoms with Crippen molar-refractivity contribution in [2.45, 2.75) is 17.4 Å². The SMILES string of the molecule is Fc1ccc(C(Br)Cc2ccc(C(F)(F)F)cc2)c(Br)c1. The molecule has 0 nitrogen and oxygen atoms in total. The van der Waals surface area contributed by atoms with Gasteiger partial charge in [-0.3, -0.25) is 0 Å². The molecule has 0 aliphatic rings. The number of hydrogen-bond donors (Lipinski definition) is 0. The molecule has 0 aromatic heterocycles. The minimum absolute atomic E-state index is 0.121. The molecule has 21 heavy (non-hydrogen) atoms. The molecule has 0 bridgehead atoms. The van der Waals surface area contributed by atoms with Crippen molar-refractivity contribution in [2.24, 2.45) is 0 Å². The molecule has 0 heterocycles. The summed E-state index contributed by atoms with van der Waals surface area (Å²) in [6.45, 7) is 0. The summed E-state index contributed by atoms with van der Waals surface area (Å²) < 4.78 is 51.1. The van der Waals surface area contributed by atoms with Gasteiger partial charge >= 0.3 is 6.18 Å². The summed E-state index contributed by atoms with van der Waals surface area (Å²) in [5.74, 6) is -0.347. The maximum Gasteiger partial charge on any atom is 0.416 e. The fraction of sp³-hybridized carbons (Fsp3) is 0.200. The van der Waals surface area contributed by atoms with E-state index in [1.807, 2.05) is 0 Å². The molecule has 0 saturated heterocycles. The molecule has 1 atom stereocenters. The van der Waals surface area contributed by atoms with Gasteiger partial charge in [0, 0.05) is 9.30 Å². The van der Waals surface area contributed by atoms with Crippen molar-refractivity contribution >= 4 is 31.9 Å². The largest absolute Gasteiger partial charge is 0.416 e. The van der Waals surface area contributed by atoms with Crippen LogP contribution in [0.1, 0.15) is 21.5 Å². The van der Waals surface area contributed by atoms with Crippen molar-refractivity contribution in [3.8, 4) is 0 Å². The Balaban J connectivity index is 2.14. The highest BCUT2D eigenvalue weighted by Gasteiger charge is 2.30. The minimum atomic E-state index is -4.33. The van der Waals surface area contributed by atoms with Gasteiger partial charge in [0.1, 0.15) is 5.82 Å². The maximum absolute atomic E-state index is 13.0. The van der Waals surface area contributed by atoms with E-state index < -0.39 is 11.7 Å². The summed E-state index contributed by atoms with van der Waals surface area (Å²) in [6.07, 6.45) is -3.82. The summed E-state index contributed by atoms with van der Waals surface area (Å²) in [4.78, 5) is -0.121. The van der Waals surface area contributed by atoms with Gasteiger partial charge in [-0.25, -0.2) is 4.39 Å². The van der Waals surface area contributed by atoms with Crippen molar-refractivity contribution in [3.05, 3.63) is 69.4 Å². The van der Waals surface area contributed by atoms with Crippen molar-refractivity contribution < 1.29 is 17.6 Å². The fourth-order valence-electron chi connectivity index (χ4n) is 1.90. The van der Waals surface area contributed by atoms with Crippen LogP contribution in [0.15, 0.2) is 46.9 Å². The van der Waals surface area contributed by atoms with E-state index in [-0.39, 0.29) is 10.6 Å². The lowest BCUT2D eigenvalue weighted by atomic mass is 10.0. The van der Waals surface area contributed by atoms with Crippen LogP contribution in [0.3, 0.4) is 0 Å². The third-order valence-electron chi connectivity index (χ3n) is 3.00. The van der Waals surface area contributed by atoms with Crippen LogP contribution < -0.4 is 0 Å². The van der Waals surface area contributed by atoms with Crippen LogP contribution in [0.4, 0.5) is 17.6 Å². The quantitative estimate of drug-likeness (QED) is 0.400. The number of halogens is 6. The number of rotatable bonds is 3. The van der Waals surface area contributed by atoms with Crippen molar-refractivity contribution in [2.75, 3.05) is 0 Å². The van der Waals surface area contributed by atoms with Crippen molar-refractivity contribution in [3.63, 3.8) is 0 Å². The zero-order valence-electron chi connectivity index (χ0n) is 10.6. The standard InChI is InChI=1S/C15H10Br2F4/c16-13(12-6-5-11(18)8-14(12)17)7-9-1-3-10(4-2-9)15(19,20)21/h1-6,8,13H,7H2. The molecule has 0 saturated carbocycles. The monoisotopic (exact) mass is 424 g/mol. The molecule has 1 unspecified atom stereocenters. The van der Waals surface area contributed by atoms with E-state index in [1.165, 1.54) is 24.3 Å². The first kappa shape index (κ1) is 16.5. The van der Waals surface area contributed by atoms with Crippen LogP contribution in [-0.2, 0) is 12.6 Å². The van der Waals surface area contributed by atoms with Gasteiger partial charge in [0.05, 0.1) is 5.56 Å². The van der Waals surface area contributed by atoms with Gasteiger partial charge in [-0.2, -0.15) is 13.2 Å². The first-order chi connectivity index (χ1) is 9.77. The third-order valence-corrected chi connectivity index (χ3v) is 4.50. The number of alkyl halides is 4. The molecular weight excluding hydrogens is 416 g/mol. The molecule has 0 amide bonds. The topological polar surface area (TPSA) is 0 Å². The minimum Gasteiger partial charge on any atom is -0.207 e. The molecule has 0 N–H and O–H groups in total. The first-order valence-corrected chi connectivity index (χ1v) is 7.73. The zero-order chi connectivity index (χ0) is 15.6. The Hall–Kier alpha value is -0.880. The Bertz CT molecular complexity index is 621. The van der Waals surface area contributed by atoms with Gasteiger partial charge in [0.2, 0.25) is 0 Å². The van der Waals surface area contributed by atoms with Crippen LogP contribution in [0.5, 0.6) is 0 Å². The molecule has 2 aromatic carbocycles. The fourth-order valence-corrected chi connectivity index (χ4v) is 3.61. The maximum atomic E-state index is 13.0. The van der Waals surface area contributed by atoms with E-state index in [0.29, 0.717) is 10.9 Å². The summed E-state index contributed by atoms with van der Waals surface area (Å²) in [5.41, 5.74) is 0.942. The Morgan fingerprint density at radius 1 is 1.00 bits per heavy atom. The summed E-state index contributed by atoms with van der Waals surface area (Å²) >= 11 is 6.76. The van der Waals surface area contributed by atoms with Crippen LogP contribution in [0.2, 0.25) is 0 Å². The van der Waals surface area contributed by atoms with Crippen LogP contribution in [0.25, 0.3) is 0 Å². The molecule has 2 aromatic rings. The lowest BCUT2D eigenvalue weighted by molar-refractivity contribution is -0.137. The Labute approximate surface area is 136 Å². The van der Waals surface area contributed by atoms with Gasteiger partial charge in [0.15, 0.2) is 0 Å². The summed E-state index contributed by atoms with van der Waals surface area (Å²) in [6, 6.07) is 9.38. The van der Waals surface area contributed by atoms with Gasteiger partial charge in [0.25, 0.3) is 0 Å². The predicted molar refractivity (Wildman–Crippen MR) is 80.9 cm³/mol. The van der Waals surface area contributed by atoms with E-state index in [0.717, 1.165) is 23.3 Å². The van der Waals surface area contributed by atoms with E-state index in [9.17, 15) is 17.6 Å². The second kappa shape index (κ2) is 6.48. The second-order valence-corrected chi connectivity index (χ2v) is 6.49. The zero-order valence-corrected chi connectivity index (χ0v) is 13.8. The Morgan fingerprint density at radius 3 is 2.14 bits per heavy atom. The van der Waals surface area contributed by atoms with Crippen LogP contribution >= 0.6 is 31.9 Å². The van der Waals surface area contributed by atoms with Crippen molar-refractivity contribution in [1.29, 1.82) is 0 Å². The van der Waals surface area contributed by atoms with Gasteiger partial charge < -0.3 is 0 Å². The predicted octanol–water partition coefficient (Wildman–Crippen LogP) is 6.29. The molecule has 0 radical (unpaired) electrons. The van der Waals surface area contributed by atoms with E-state index in [2.05, 4.69) is 31.9 Å². The van der Waals surface area contributed by atoms with Gasteiger partial charge in [-0.15, -0.1) is 0 Å². The molecule has 0 spiro atoms. The van der Waals surface area contributed by atoms with E-state index in [1.54, 1.807) is 6.07 Å². The molecular formula is C15H10Br2F4. The van der Waals surface area contributed by atoms with E-state index in [4.69, 9.17) is 0 Å². The molecule has 6 heteroatoms. The normalized spacial score (nSPS) is 13.2. The molecule has 2 rings (SSSR count). The van der Waals surface area contributed by atoms with E-state index >= 15 is 0 Å². The molecule has 0 fully saturated rings. The second-order valence-electron chi connectivity index (χ2n) is 4.53. The molecule has 112 valence electrons. The summed E-state index contributed by atoms with van der Waals surface area (Å²) in [7, 11) is 0. The Morgan fingerprint density at radius 2 is 1.62 bits per heavy atom. The van der Waals surface area contributed by atoms with Gasteiger partial charge in [-0.05, 0) is 41.8 Å². The highest BCUT2D eigenvalue weighted by atomic mass is 79.9. The highest BCUT2D eigenvalue weighted by molar-refractivity contribution is 9.11. The van der Waals surface area contributed by atoms with Crippen LogP contribution in [-0.4, -0.2) is 0 Å². The smallest absolute Gasteiger partial charge is 0.207 e. The first-order valence-electron chi connectivity index (χ1n) is 6.02. The third kappa shape index (κ3) is 4.30. The average molecular weight is 426 g/mol. The summed E-state index contributed by atoms with van der Waals surface area (Å²) in [5, 5.41) is 0. The number of benzene rings is 2. The lowest BCUT2D eigenvalue weighted by Gasteiger charge is -2.13.